The number of amides is 2. The molecule has 26 heavy (non-hydrogen) atoms. The molecule has 1 aromatic carbocycles. The molecular weight excluding hydrogens is 359 g/mol. The number of nitrogens with zero attached hydrogens (tertiary/aromatic N) is 1. The van der Waals surface area contributed by atoms with Gasteiger partial charge in [-0.05, 0) is 29.1 Å². The molecule has 138 valence electrons. The van der Waals surface area contributed by atoms with Crippen molar-refractivity contribution in [3.8, 4) is 0 Å². The SMILES string of the molecule is CC(=O)NC(CC(=O)N(CC(=O)O)Cc1ccc(F)cc1)c1cccs1. The Hall–Kier alpha value is -2.74. The molecule has 0 saturated heterocycles. The zero-order valence-electron chi connectivity index (χ0n) is 14.1. The summed E-state index contributed by atoms with van der Waals surface area (Å²) in [7, 11) is 0. The number of thiophene rings is 1. The monoisotopic (exact) mass is 378 g/mol. The Balaban J connectivity index is 2.14. The highest BCUT2D eigenvalue weighted by Crippen LogP contribution is 2.23. The number of carboxylic acids is 1. The second kappa shape index (κ2) is 9.10. The predicted molar refractivity (Wildman–Crippen MR) is 94.9 cm³/mol. The maximum atomic E-state index is 13.0. The zero-order chi connectivity index (χ0) is 19.1. The van der Waals surface area contributed by atoms with Gasteiger partial charge in [-0.15, -0.1) is 11.3 Å². The molecule has 0 saturated carbocycles. The van der Waals surface area contributed by atoms with Gasteiger partial charge in [-0.2, -0.15) is 0 Å². The molecule has 0 aliphatic rings. The van der Waals surface area contributed by atoms with E-state index >= 15 is 0 Å². The minimum absolute atomic E-state index is 0.0443. The van der Waals surface area contributed by atoms with Crippen molar-refractivity contribution in [1.82, 2.24) is 10.2 Å². The van der Waals surface area contributed by atoms with Gasteiger partial charge in [0.25, 0.3) is 0 Å². The normalized spacial score (nSPS) is 11.6. The highest BCUT2D eigenvalue weighted by molar-refractivity contribution is 7.10. The van der Waals surface area contributed by atoms with E-state index in [2.05, 4.69) is 5.32 Å². The van der Waals surface area contributed by atoms with E-state index in [-0.39, 0.29) is 18.9 Å². The van der Waals surface area contributed by atoms with E-state index in [1.165, 1.54) is 47.4 Å². The Labute approximate surface area is 154 Å². The van der Waals surface area contributed by atoms with Gasteiger partial charge < -0.3 is 15.3 Å². The summed E-state index contributed by atoms with van der Waals surface area (Å²) in [6, 6.07) is 8.61. The summed E-state index contributed by atoms with van der Waals surface area (Å²) < 4.78 is 13.0. The van der Waals surface area contributed by atoms with Crippen LogP contribution in [-0.4, -0.2) is 34.3 Å². The van der Waals surface area contributed by atoms with Crippen LogP contribution in [-0.2, 0) is 20.9 Å². The van der Waals surface area contributed by atoms with Crippen LogP contribution < -0.4 is 5.32 Å². The van der Waals surface area contributed by atoms with Crippen LogP contribution in [0.4, 0.5) is 4.39 Å². The molecule has 0 aliphatic heterocycles. The van der Waals surface area contributed by atoms with Gasteiger partial charge in [0.1, 0.15) is 12.4 Å². The lowest BCUT2D eigenvalue weighted by Crippen LogP contribution is -2.38. The van der Waals surface area contributed by atoms with Crippen LogP contribution in [0.5, 0.6) is 0 Å². The summed E-state index contributed by atoms with van der Waals surface area (Å²) in [5.41, 5.74) is 0.619. The van der Waals surface area contributed by atoms with Crippen molar-refractivity contribution in [2.75, 3.05) is 6.54 Å². The first-order valence-electron chi connectivity index (χ1n) is 7.89. The van der Waals surface area contributed by atoms with Crippen molar-refractivity contribution in [1.29, 1.82) is 0 Å². The third-order valence-electron chi connectivity index (χ3n) is 3.61. The van der Waals surface area contributed by atoms with E-state index in [0.29, 0.717) is 5.56 Å². The molecule has 1 heterocycles. The number of nitrogens with one attached hydrogen (secondary N) is 1. The lowest BCUT2D eigenvalue weighted by molar-refractivity contribution is -0.145. The molecule has 1 aromatic heterocycles. The lowest BCUT2D eigenvalue weighted by atomic mass is 10.1. The van der Waals surface area contributed by atoms with Gasteiger partial charge in [0.15, 0.2) is 0 Å². The molecule has 2 aromatic rings. The number of aliphatic carboxylic acids is 1. The first kappa shape index (κ1) is 19.6. The maximum absolute atomic E-state index is 13.0. The van der Waals surface area contributed by atoms with Crippen LogP contribution >= 0.6 is 11.3 Å². The smallest absolute Gasteiger partial charge is 0.323 e. The van der Waals surface area contributed by atoms with E-state index in [0.717, 1.165) is 4.88 Å². The van der Waals surface area contributed by atoms with E-state index in [4.69, 9.17) is 5.11 Å². The number of carbonyl (C=O) groups excluding carboxylic acids is 2. The van der Waals surface area contributed by atoms with Crippen molar-refractivity contribution < 1.29 is 23.9 Å². The molecule has 1 unspecified atom stereocenters. The van der Waals surface area contributed by atoms with Crippen LogP contribution in [0.25, 0.3) is 0 Å². The molecule has 0 aliphatic carbocycles. The molecule has 6 nitrogen and oxygen atoms in total. The maximum Gasteiger partial charge on any atom is 0.323 e. The number of carboxylic acid groups (broad SMARTS) is 1. The molecule has 8 heteroatoms. The first-order valence-corrected chi connectivity index (χ1v) is 8.77. The second-order valence-corrected chi connectivity index (χ2v) is 6.72. The summed E-state index contributed by atoms with van der Waals surface area (Å²) in [5, 5.41) is 13.7. The fraction of sp³-hybridized carbons (Fsp3) is 0.278. The summed E-state index contributed by atoms with van der Waals surface area (Å²) in [6.45, 7) is 0.925. The van der Waals surface area contributed by atoms with Crippen molar-refractivity contribution in [3.05, 3.63) is 58.0 Å². The third-order valence-corrected chi connectivity index (χ3v) is 4.59. The van der Waals surface area contributed by atoms with Gasteiger partial charge in [-0.3, -0.25) is 14.4 Å². The Kier molecular flexibility index (Phi) is 6.85. The molecule has 2 amide bonds. The van der Waals surface area contributed by atoms with E-state index < -0.39 is 30.3 Å². The van der Waals surface area contributed by atoms with Crippen molar-refractivity contribution >= 4 is 29.1 Å². The van der Waals surface area contributed by atoms with Crippen LogP contribution in [0, 0.1) is 5.82 Å². The fourth-order valence-corrected chi connectivity index (χ4v) is 3.25. The fourth-order valence-electron chi connectivity index (χ4n) is 2.47. The quantitative estimate of drug-likeness (QED) is 0.739. The predicted octanol–water partition coefficient (Wildman–Crippen LogP) is 2.57. The van der Waals surface area contributed by atoms with Crippen molar-refractivity contribution in [3.63, 3.8) is 0 Å². The molecule has 0 spiro atoms. The van der Waals surface area contributed by atoms with E-state index in [1.54, 1.807) is 6.07 Å². The zero-order valence-corrected chi connectivity index (χ0v) is 15.0. The van der Waals surface area contributed by atoms with Gasteiger partial charge in [0, 0.05) is 18.3 Å². The minimum atomic E-state index is -1.15. The standard InChI is InChI=1S/C18H19FN2O4S/c1-12(22)20-15(16-3-2-8-26-16)9-17(23)21(11-18(24)25)10-13-4-6-14(19)7-5-13/h2-8,15H,9-11H2,1H3,(H,20,22)(H,24,25). The highest BCUT2D eigenvalue weighted by Gasteiger charge is 2.23. The second-order valence-electron chi connectivity index (χ2n) is 5.74. The number of hydrogen-bond acceptors (Lipinski definition) is 4. The minimum Gasteiger partial charge on any atom is -0.480 e. The molecule has 2 rings (SSSR count). The van der Waals surface area contributed by atoms with Gasteiger partial charge in [-0.25, -0.2) is 4.39 Å². The Morgan fingerprint density at radius 1 is 1.23 bits per heavy atom. The molecule has 0 radical (unpaired) electrons. The number of halogens is 1. The Bertz CT molecular complexity index is 762. The average molecular weight is 378 g/mol. The molecule has 0 bridgehead atoms. The molecule has 2 N–H and O–H groups in total. The third kappa shape index (κ3) is 5.96. The van der Waals surface area contributed by atoms with E-state index in [9.17, 15) is 18.8 Å². The Morgan fingerprint density at radius 3 is 2.46 bits per heavy atom. The molecular formula is C18H19FN2O4S. The Morgan fingerprint density at radius 2 is 1.92 bits per heavy atom. The largest absolute Gasteiger partial charge is 0.480 e. The van der Waals surface area contributed by atoms with Gasteiger partial charge in [-0.1, -0.05) is 18.2 Å². The first-order chi connectivity index (χ1) is 12.3. The van der Waals surface area contributed by atoms with Crippen LogP contribution in [0.1, 0.15) is 29.8 Å². The van der Waals surface area contributed by atoms with Crippen LogP contribution in [0.15, 0.2) is 41.8 Å². The van der Waals surface area contributed by atoms with Gasteiger partial charge >= 0.3 is 5.97 Å². The summed E-state index contributed by atoms with van der Waals surface area (Å²) in [5.74, 6) is -2.25. The van der Waals surface area contributed by atoms with Crippen molar-refractivity contribution in [2.24, 2.45) is 0 Å². The lowest BCUT2D eigenvalue weighted by Gasteiger charge is -2.24. The average Bonchev–Trinajstić information content (AvgIpc) is 3.09. The topological polar surface area (TPSA) is 86.7 Å². The summed E-state index contributed by atoms with van der Waals surface area (Å²) in [6.07, 6.45) is -0.0609. The number of hydrogen-bond donors (Lipinski definition) is 2. The highest BCUT2D eigenvalue weighted by atomic mass is 32.1. The van der Waals surface area contributed by atoms with Gasteiger partial charge in [0.05, 0.1) is 12.5 Å². The van der Waals surface area contributed by atoms with Crippen molar-refractivity contribution in [2.45, 2.75) is 25.9 Å². The van der Waals surface area contributed by atoms with Gasteiger partial charge in [0.2, 0.25) is 11.8 Å². The molecule has 0 fully saturated rings. The number of benzene rings is 1. The number of carbonyl (C=O) groups is 3. The summed E-state index contributed by atoms with van der Waals surface area (Å²) in [4.78, 5) is 37.2. The van der Waals surface area contributed by atoms with E-state index in [1.807, 2.05) is 11.4 Å². The molecule has 1 atom stereocenters. The van der Waals surface area contributed by atoms with Crippen LogP contribution in [0.3, 0.4) is 0 Å². The van der Waals surface area contributed by atoms with Crippen LogP contribution in [0.2, 0.25) is 0 Å². The summed E-state index contributed by atoms with van der Waals surface area (Å²) >= 11 is 1.40. The number of rotatable bonds is 8.